The van der Waals surface area contributed by atoms with E-state index in [-0.39, 0.29) is 5.91 Å². The summed E-state index contributed by atoms with van der Waals surface area (Å²) in [5, 5.41) is 2.99. The van der Waals surface area contributed by atoms with Crippen molar-refractivity contribution in [3.8, 4) is 0 Å². The number of nitrogens with one attached hydrogen (secondary N) is 1. The highest BCUT2D eigenvalue weighted by Gasteiger charge is 2.11. The van der Waals surface area contributed by atoms with E-state index in [1.165, 1.54) is 0 Å². The topological polar surface area (TPSA) is 46.9 Å². The van der Waals surface area contributed by atoms with Gasteiger partial charge in [-0.1, -0.05) is 54.6 Å². The molecule has 0 aliphatic rings. The van der Waals surface area contributed by atoms with Crippen molar-refractivity contribution in [1.82, 2.24) is 14.9 Å². The van der Waals surface area contributed by atoms with E-state index in [2.05, 4.69) is 22.5 Å². The van der Waals surface area contributed by atoms with Crippen molar-refractivity contribution in [3.63, 3.8) is 0 Å². The number of fused-ring (bicyclic) bond motifs is 1. The molecule has 0 aliphatic carbocycles. The van der Waals surface area contributed by atoms with Crippen molar-refractivity contribution in [1.29, 1.82) is 0 Å². The highest BCUT2D eigenvalue weighted by atomic mass is 16.1. The standard InChI is InChI=1S/C21H23N3O/c1-16(2)15-24-19-11-7-6-10-18(19)23-20(24)12-13-22-21(25)14-17-8-4-3-5-9-17/h3-11H,1,12-15H2,2H3,(H,22,25). The van der Waals surface area contributed by atoms with E-state index in [1.807, 2.05) is 55.5 Å². The molecule has 3 rings (SSSR count). The summed E-state index contributed by atoms with van der Waals surface area (Å²) < 4.78 is 2.18. The zero-order valence-electron chi connectivity index (χ0n) is 14.5. The second-order valence-electron chi connectivity index (χ2n) is 6.32. The highest BCUT2D eigenvalue weighted by Crippen LogP contribution is 2.17. The fraction of sp³-hybridized carbons (Fsp3) is 0.238. The first-order valence-electron chi connectivity index (χ1n) is 8.52. The van der Waals surface area contributed by atoms with Crippen molar-refractivity contribution < 1.29 is 4.79 Å². The normalized spacial score (nSPS) is 10.8. The molecule has 0 radical (unpaired) electrons. The van der Waals surface area contributed by atoms with Crippen LogP contribution in [-0.4, -0.2) is 22.0 Å². The van der Waals surface area contributed by atoms with Crippen LogP contribution < -0.4 is 5.32 Å². The maximum absolute atomic E-state index is 12.1. The summed E-state index contributed by atoms with van der Waals surface area (Å²) in [4.78, 5) is 16.8. The summed E-state index contributed by atoms with van der Waals surface area (Å²) in [5.41, 5.74) is 4.19. The van der Waals surface area contributed by atoms with Gasteiger partial charge in [-0.05, 0) is 24.6 Å². The Bertz CT molecular complexity index is 881. The van der Waals surface area contributed by atoms with Crippen molar-refractivity contribution >= 4 is 16.9 Å². The molecule has 2 aromatic carbocycles. The molecular weight excluding hydrogens is 310 g/mol. The van der Waals surface area contributed by atoms with Crippen molar-refractivity contribution in [2.75, 3.05) is 6.54 Å². The molecule has 0 aliphatic heterocycles. The van der Waals surface area contributed by atoms with Gasteiger partial charge in [-0.15, -0.1) is 0 Å². The summed E-state index contributed by atoms with van der Waals surface area (Å²) in [7, 11) is 0. The van der Waals surface area contributed by atoms with Crippen molar-refractivity contribution in [3.05, 3.63) is 78.1 Å². The number of rotatable bonds is 7. The summed E-state index contributed by atoms with van der Waals surface area (Å²) in [5.74, 6) is 1.01. The van der Waals surface area contributed by atoms with Gasteiger partial charge < -0.3 is 9.88 Å². The third-order valence-corrected chi connectivity index (χ3v) is 4.04. The van der Waals surface area contributed by atoms with E-state index in [0.29, 0.717) is 19.4 Å². The number of allylic oxidation sites excluding steroid dienone is 1. The van der Waals surface area contributed by atoms with Gasteiger partial charge in [-0.3, -0.25) is 4.79 Å². The predicted molar refractivity (Wildman–Crippen MR) is 101 cm³/mol. The van der Waals surface area contributed by atoms with Crippen LogP contribution in [0.3, 0.4) is 0 Å². The van der Waals surface area contributed by atoms with Gasteiger partial charge in [0.1, 0.15) is 5.82 Å². The lowest BCUT2D eigenvalue weighted by atomic mass is 10.1. The van der Waals surface area contributed by atoms with Crippen LogP contribution in [0.5, 0.6) is 0 Å². The highest BCUT2D eigenvalue weighted by molar-refractivity contribution is 5.78. The van der Waals surface area contributed by atoms with Crippen LogP contribution in [0.4, 0.5) is 0 Å². The lowest BCUT2D eigenvalue weighted by Gasteiger charge is -2.10. The van der Waals surface area contributed by atoms with Crippen LogP contribution >= 0.6 is 0 Å². The predicted octanol–water partition coefficient (Wildman–Crippen LogP) is 3.51. The molecule has 0 unspecified atom stereocenters. The van der Waals surface area contributed by atoms with Crippen molar-refractivity contribution in [2.45, 2.75) is 26.3 Å². The third kappa shape index (κ3) is 4.35. The Morgan fingerprint density at radius 2 is 1.84 bits per heavy atom. The molecule has 4 heteroatoms. The summed E-state index contributed by atoms with van der Waals surface area (Å²) in [6.45, 7) is 7.35. The molecule has 0 spiro atoms. The van der Waals surface area contributed by atoms with E-state index >= 15 is 0 Å². The second-order valence-corrected chi connectivity index (χ2v) is 6.32. The van der Waals surface area contributed by atoms with Gasteiger partial charge in [0.15, 0.2) is 0 Å². The first-order valence-corrected chi connectivity index (χ1v) is 8.52. The summed E-state index contributed by atoms with van der Waals surface area (Å²) >= 11 is 0. The number of amides is 1. The van der Waals surface area contributed by atoms with Gasteiger partial charge in [0.25, 0.3) is 0 Å². The van der Waals surface area contributed by atoms with E-state index in [9.17, 15) is 4.79 Å². The Kier molecular flexibility index (Phi) is 5.29. The van der Waals surface area contributed by atoms with Gasteiger partial charge in [0, 0.05) is 19.5 Å². The van der Waals surface area contributed by atoms with Crippen LogP contribution in [0.25, 0.3) is 11.0 Å². The molecule has 0 bridgehead atoms. The average molecular weight is 333 g/mol. The van der Waals surface area contributed by atoms with Gasteiger partial charge in [0.2, 0.25) is 5.91 Å². The molecule has 1 N–H and O–H groups in total. The van der Waals surface area contributed by atoms with Crippen LogP contribution in [0.15, 0.2) is 66.7 Å². The molecule has 0 atom stereocenters. The fourth-order valence-corrected chi connectivity index (χ4v) is 2.92. The van der Waals surface area contributed by atoms with Crippen LogP contribution in [0, 0.1) is 0 Å². The lowest BCUT2D eigenvalue weighted by molar-refractivity contribution is -0.120. The molecule has 25 heavy (non-hydrogen) atoms. The fourth-order valence-electron chi connectivity index (χ4n) is 2.92. The molecule has 1 aromatic heterocycles. The molecule has 0 saturated heterocycles. The number of hydrogen-bond acceptors (Lipinski definition) is 2. The SMILES string of the molecule is C=C(C)Cn1c(CCNC(=O)Cc2ccccc2)nc2ccccc21. The van der Waals surface area contributed by atoms with Gasteiger partial charge >= 0.3 is 0 Å². The Morgan fingerprint density at radius 3 is 2.60 bits per heavy atom. The molecule has 4 nitrogen and oxygen atoms in total. The quantitative estimate of drug-likeness (QED) is 0.673. The van der Waals surface area contributed by atoms with Gasteiger partial charge in [0.05, 0.1) is 17.5 Å². The average Bonchev–Trinajstić information content (AvgIpc) is 2.93. The van der Waals surface area contributed by atoms with E-state index in [4.69, 9.17) is 4.98 Å². The first kappa shape index (κ1) is 17.0. The molecule has 0 saturated carbocycles. The second kappa shape index (κ2) is 7.79. The lowest BCUT2D eigenvalue weighted by Crippen LogP contribution is -2.28. The van der Waals surface area contributed by atoms with Crippen LogP contribution in [0.2, 0.25) is 0 Å². The number of nitrogens with zero attached hydrogens (tertiary/aromatic N) is 2. The Hall–Kier alpha value is -2.88. The molecule has 128 valence electrons. The number of carbonyl (C=O) groups is 1. The summed E-state index contributed by atoms with van der Waals surface area (Å²) in [6.07, 6.45) is 1.10. The Morgan fingerprint density at radius 1 is 1.12 bits per heavy atom. The van der Waals surface area contributed by atoms with Crippen LogP contribution in [-0.2, 0) is 24.2 Å². The molecule has 3 aromatic rings. The van der Waals surface area contributed by atoms with E-state index in [1.54, 1.807) is 0 Å². The molecule has 1 amide bonds. The number of imidazole rings is 1. The maximum atomic E-state index is 12.1. The minimum absolute atomic E-state index is 0.0359. The smallest absolute Gasteiger partial charge is 0.224 e. The van der Waals surface area contributed by atoms with E-state index in [0.717, 1.165) is 34.5 Å². The maximum Gasteiger partial charge on any atom is 0.224 e. The minimum Gasteiger partial charge on any atom is -0.355 e. The summed E-state index contributed by atoms with van der Waals surface area (Å²) in [6, 6.07) is 17.9. The van der Waals surface area contributed by atoms with Crippen molar-refractivity contribution in [2.24, 2.45) is 0 Å². The minimum atomic E-state index is 0.0359. The Labute approximate surface area is 148 Å². The number of benzene rings is 2. The molecule has 0 fully saturated rings. The number of aromatic nitrogens is 2. The number of hydrogen-bond donors (Lipinski definition) is 1. The van der Waals surface area contributed by atoms with Crippen LogP contribution in [0.1, 0.15) is 18.3 Å². The largest absolute Gasteiger partial charge is 0.355 e. The van der Waals surface area contributed by atoms with Gasteiger partial charge in [-0.2, -0.15) is 0 Å². The molecular formula is C21H23N3O. The number of carbonyl (C=O) groups excluding carboxylic acids is 1. The zero-order chi connectivity index (χ0) is 17.6. The molecule has 1 heterocycles. The first-order chi connectivity index (χ1) is 12.1. The van der Waals surface area contributed by atoms with Gasteiger partial charge in [-0.25, -0.2) is 4.98 Å². The van der Waals surface area contributed by atoms with E-state index < -0.39 is 0 Å². The third-order valence-electron chi connectivity index (χ3n) is 4.04. The Balaban J connectivity index is 1.64. The monoisotopic (exact) mass is 333 g/mol. The number of para-hydroxylation sites is 2. The zero-order valence-corrected chi connectivity index (χ0v) is 14.5.